The third-order valence-corrected chi connectivity index (χ3v) is 2.00. The fraction of sp³-hybridized carbons (Fsp3) is 0.100. The average Bonchev–Trinajstić information content (AvgIpc) is 2.52. The van der Waals surface area contributed by atoms with Crippen LogP contribution in [0.1, 0.15) is 5.82 Å². The fourth-order valence-corrected chi connectivity index (χ4v) is 1.31. The van der Waals surface area contributed by atoms with Crippen LogP contribution >= 0.6 is 0 Å². The van der Waals surface area contributed by atoms with E-state index in [0.717, 1.165) is 6.07 Å². The molecule has 14 heavy (non-hydrogen) atoms. The first-order valence-electron chi connectivity index (χ1n) is 4.14. The van der Waals surface area contributed by atoms with E-state index in [1.165, 1.54) is 12.1 Å². The number of imidazole rings is 1. The van der Waals surface area contributed by atoms with Crippen molar-refractivity contribution in [3.8, 4) is 5.69 Å². The van der Waals surface area contributed by atoms with Gasteiger partial charge in [-0.2, -0.15) is 0 Å². The van der Waals surface area contributed by atoms with Crippen molar-refractivity contribution in [1.82, 2.24) is 9.55 Å². The summed E-state index contributed by atoms with van der Waals surface area (Å²) in [4.78, 5) is 3.96. The van der Waals surface area contributed by atoms with Gasteiger partial charge in [0.05, 0.1) is 5.69 Å². The van der Waals surface area contributed by atoms with Crippen LogP contribution in [0.2, 0.25) is 0 Å². The molecule has 0 aliphatic heterocycles. The van der Waals surface area contributed by atoms with Gasteiger partial charge in [0.1, 0.15) is 17.5 Å². The van der Waals surface area contributed by atoms with Crippen LogP contribution in [0, 0.1) is 18.6 Å². The number of aromatic nitrogens is 2. The predicted molar refractivity (Wildman–Crippen MR) is 48.2 cm³/mol. The Labute approximate surface area is 79.8 Å². The van der Waals surface area contributed by atoms with E-state index >= 15 is 0 Å². The number of rotatable bonds is 1. The minimum absolute atomic E-state index is 0.307. The van der Waals surface area contributed by atoms with E-state index in [1.54, 1.807) is 23.9 Å². The lowest BCUT2D eigenvalue weighted by Gasteiger charge is -2.05. The van der Waals surface area contributed by atoms with Crippen LogP contribution < -0.4 is 0 Å². The molecule has 0 fully saturated rings. The van der Waals surface area contributed by atoms with Crippen molar-refractivity contribution in [2.24, 2.45) is 0 Å². The monoisotopic (exact) mass is 194 g/mol. The van der Waals surface area contributed by atoms with Crippen molar-refractivity contribution in [1.29, 1.82) is 0 Å². The molecule has 0 radical (unpaired) electrons. The quantitative estimate of drug-likeness (QED) is 0.681. The van der Waals surface area contributed by atoms with E-state index in [0.29, 0.717) is 11.5 Å². The van der Waals surface area contributed by atoms with Gasteiger partial charge < -0.3 is 4.57 Å². The van der Waals surface area contributed by atoms with Gasteiger partial charge in [0.15, 0.2) is 0 Å². The van der Waals surface area contributed by atoms with E-state index in [9.17, 15) is 8.78 Å². The molecule has 0 bridgehead atoms. The Hall–Kier alpha value is -1.71. The Morgan fingerprint density at radius 3 is 2.64 bits per heavy atom. The molecule has 0 spiro atoms. The minimum Gasteiger partial charge on any atom is -0.301 e. The van der Waals surface area contributed by atoms with Crippen molar-refractivity contribution in [3.05, 3.63) is 48.1 Å². The molecule has 0 aliphatic rings. The first kappa shape index (κ1) is 8.87. The highest BCUT2D eigenvalue weighted by Crippen LogP contribution is 2.15. The molecule has 1 heterocycles. The van der Waals surface area contributed by atoms with E-state index in [2.05, 4.69) is 4.98 Å². The maximum atomic E-state index is 13.3. The SMILES string of the molecule is Cc1nccn1-c1ccc(F)cc1F. The first-order valence-corrected chi connectivity index (χ1v) is 4.14. The van der Waals surface area contributed by atoms with Gasteiger partial charge in [-0.1, -0.05) is 0 Å². The first-order chi connectivity index (χ1) is 6.68. The van der Waals surface area contributed by atoms with Crippen molar-refractivity contribution in [2.75, 3.05) is 0 Å². The molecule has 0 saturated heterocycles. The summed E-state index contributed by atoms with van der Waals surface area (Å²) in [5.74, 6) is -0.509. The second kappa shape index (κ2) is 3.21. The number of hydrogen-bond donors (Lipinski definition) is 0. The van der Waals surface area contributed by atoms with E-state index in [-0.39, 0.29) is 0 Å². The molecule has 0 saturated carbocycles. The molecule has 0 amide bonds. The normalized spacial score (nSPS) is 10.5. The molecule has 2 nitrogen and oxygen atoms in total. The Bertz CT molecular complexity index is 463. The lowest BCUT2D eigenvalue weighted by atomic mass is 10.3. The maximum absolute atomic E-state index is 13.3. The Balaban J connectivity index is 2.58. The molecular formula is C10H8F2N2. The molecule has 72 valence electrons. The average molecular weight is 194 g/mol. The lowest BCUT2D eigenvalue weighted by Crippen LogP contribution is -1.99. The van der Waals surface area contributed by atoms with Crippen LogP contribution in [0.3, 0.4) is 0 Å². The highest BCUT2D eigenvalue weighted by molar-refractivity contribution is 5.34. The van der Waals surface area contributed by atoms with Gasteiger partial charge in [-0.25, -0.2) is 13.8 Å². The summed E-state index contributed by atoms with van der Waals surface area (Å²) in [6, 6.07) is 3.46. The van der Waals surface area contributed by atoms with Crippen molar-refractivity contribution < 1.29 is 8.78 Å². The summed E-state index contributed by atoms with van der Waals surface area (Å²) >= 11 is 0. The lowest BCUT2D eigenvalue weighted by molar-refractivity contribution is 0.577. The summed E-state index contributed by atoms with van der Waals surface area (Å²) in [5.41, 5.74) is 0.307. The summed E-state index contributed by atoms with van der Waals surface area (Å²) in [5, 5.41) is 0. The summed E-state index contributed by atoms with van der Waals surface area (Å²) < 4.78 is 27.5. The molecule has 1 aromatic carbocycles. The third kappa shape index (κ3) is 1.39. The van der Waals surface area contributed by atoms with Crippen LogP contribution in [0.25, 0.3) is 5.69 Å². The van der Waals surface area contributed by atoms with Crippen LogP contribution in [-0.2, 0) is 0 Å². The van der Waals surface area contributed by atoms with E-state index < -0.39 is 11.6 Å². The van der Waals surface area contributed by atoms with Crippen molar-refractivity contribution in [3.63, 3.8) is 0 Å². The van der Waals surface area contributed by atoms with Crippen molar-refractivity contribution in [2.45, 2.75) is 6.92 Å². The summed E-state index contributed by atoms with van der Waals surface area (Å²) in [6.07, 6.45) is 3.20. The number of hydrogen-bond acceptors (Lipinski definition) is 1. The molecule has 1 aromatic heterocycles. The Kier molecular flexibility index (Phi) is 2.04. The van der Waals surface area contributed by atoms with Gasteiger partial charge in [-0.05, 0) is 19.1 Å². The number of benzene rings is 1. The van der Waals surface area contributed by atoms with Gasteiger partial charge in [-0.3, -0.25) is 0 Å². The third-order valence-electron chi connectivity index (χ3n) is 2.00. The number of nitrogens with zero attached hydrogens (tertiary/aromatic N) is 2. The van der Waals surface area contributed by atoms with Gasteiger partial charge in [0.2, 0.25) is 0 Å². The smallest absolute Gasteiger partial charge is 0.150 e. The molecule has 2 aromatic rings. The second-order valence-electron chi connectivity index (χ2n) is 2.94. The molecule has 0 aliphatic carbocycles. The molecule has 0 atom stereocenters. The zero-order valence-electron chi connectivity index (χ0n) is 7.54. The highest BCUT2D eigenvalue weighted by Gasteiger charge is 2.07. The van der Waals surface area contributed by atoms with Gasteiger partial charge in [-0.15, -0.1) is 0 Å². The maximum Gasteiger partial charge on any atom is 0.150 e. The summed E-state index contributed by atoms with van der Waals surface area (Å²) in [6.45, 7) is 1.75. The van der Waals surface area contributed by atoms with Crippen LogP contribution in [0.5, 0.6) is 0 Å². The molecule has 4 heteroatoms. The van der Waals surface area contributed by atoms with E-state index in [4.69, 9.17) is 0 Å². The minimum atomic E-state index is -0.592. The van der Waals surface area contributed by atoms with Crippen LogP contribution in [0.4, 0.5) is 8.78 Å². The van der Waals surface area contributed by atoms with Crippen LogP contribution in [0.15, 0.2) is 30.6 Å². The Morgan fingerprint density at radius 2 is 2.07 bits per heavy atom. The van der Waals surface area contributed by atoms with Gasteiger partial charge in [0.25, 0.3) is 0 Å². The molecule has 0 N–H and O–H groups in total. The summed E-state index contributed by atoms with van der Waals surface area (Å²) in [7, 11) is 0. The predicted octanol–water partition coefficient (Wildman–Crippen LogP) is 2.46. The fourth-order valence-electron chi connectivity index (χ4n) is 1.31. The standard InChI is InChI=1S/C10H8F2N2/c1-7-13-4-5-14(7)10-3-2-8(11)6-9(10)12/h2-6H,1H3. The number of aryl methyl sites for hydroxylation is 1. The topological polar surface area (TPSA) is 17.8 Å². The van der Waals surface area contributed by atoms with E-state index in [1.807, 2.05) is 0 Å². The Morgan fingerprint density at radius 1 is 1.29 bits per heavy atom. The highest BCUT2D eigenvalue weighted by atomic mass is 19.1. The van der Waals surface area contributed by atoms with Crippen molar-refractivity contribution >= 4 is 0 Å². The molecular weight excluding hydrogens is 186 g/mol. The molecule has 0 unspecified atom stereocenters. The zero-order valence-corrected chi connectivity index (χ0v) is 7.54. The largest absolute Gasteiger partial charge is 0.301 e. The van der Waals surface area contributed by atoms with Gasteiger partial charge >= 0.3 is 0 Å². The molecule has 2 rings (SSSR count). The van der Waals surface area contributed by atoms with Crippen LogP contribution in [-0.4, -0.2) is 9.55 Å². The second-order valence-corrected chi connectivity index (χ2v) is 2.94. The van der Waals surface area contributed by atoms with Gasteiger partial charge in [0, 0.05) is 18.5 Å². The number of halogens is 2. The zero-order chi connectivity index (χ0) is 10.1.